The molecule has 7 nitrogen and oxygen atoms in total. The number of nitrogens with one attached hydrogen (secondary N) is 2. The monoisotopic (exact) mass is 413 g/mol. The summed E-state index contributed by atoms with van der Waals surface area (Å²) < 4.78 is 22.0. The van der Waals surface area contributed by atoms with Gasteiger partial charge < -0.3 is 29.6 Å². The average Bonchev–Trinajstić information content (AvgIpc) is 2.79. The number of para-hydroxylation sites is 1. The first-order chi connectivity index (χ1) is 14.7. The maximum absolute atomic E-state index is 5.72. The van der Waals surface area contributed by atoms with E-state index in [4.69, 9.17) is 23.9 Å². The smallest absolute Gasteiger partial charge is 0.191 e. The maximum atomic E-state index is 5.72. The molecule has 0 amide bonds. The minimum Gasteiger partial charge on any atom is -0.496 e. The van der Waals surface area contributed by atoms with Crippen molar-refractivity contribution in [2.24, 2.45) is 4.99 Å². The molecule has 0 aromatic heterocycles. The van der Waals surface area contributed by atoms with Gasteiger partial charge in [0.2, 0.25) is 0 Å². The molecule has 2 aromatic carbocycles. The number of nitrogens with zero attached hydrogens (tertiary/aromatic N) is 1. The third-order valence-corrected chi connectivity index (χ3v) is 4.31. The zero-order valence-corrected chi connectivity index (χ0v) is 18.2. The van der Waals surface area contributed by atoms with Crippen LogP contribution in [0.5, 0.6) is 23.0 Å². The molecule has 0 aliphatic heterocycles. The number of ether oxygens (including phenoxy) is 4. The Labute approximate surface area is 178 Å². The topological polar surface area (TPSA) is 73.3 Å². The van der Waals surface area contributed by atoms with E-state index >= 15 is 0 Å². The summed E-state index contributed by atoms with van der Waals surface area (Å²) in [5.74, 6) is 3.45. The van der Waals surface area contributed by atoms with Crippen LogP contribution in [0, 0.1) is 0 Å². The summed E-state index contributed by atoms with van der Waals surface area (Å²) in [5.41, 5.74) is 1.93. The molecule has 0 spiro atoms. The highest BCUT2D eigenvalue weighted by molar-refractivity contribution is 5.79. The van der Waals surface area contributed by atoms with E-state index in [1.807, 2.05) is 37.3 Å². The Morgan fingerprint density at radius 3 is 2.30 bits per heavy atom. The van der Waals surface area contributed by atoms with Crippen molar-refractivity contribution in [3.8, 4) is 23.0 Å². The molecule has 2 N–H and O–H groups in total. The largest absolute Gasteiger partial charge is 0.496 e. The predicted molar refractivity (Wildman–Crippen MR) is 120 cm³/mol. The lowest BCUT2D eigenvalue weighted by atomic mass is 10.1. The van der Waals surface area contributed by atoms with Gasteiger partial charge in [0.05, 0.1) is 27.9 Å². The summed E-state index contributed by atoms with van der Waals surface area (Å²) in [7, 11) is 4.83. The molecular formula is C23H31N3O4. The third kappa shape index (κ3) is 6.34. The zero-order chi connectivity index (χ0) is 21.8. The highest BCUT2D eigenvalue weighted by Gasteiger charge is 2.12. The Morgan fingerprint density at radius 2 is 1.63 bits per heavy atom. The summed E-state index contributed by atoms with van der Waals surface area (Å²) in [5, 5.41) is 6.61. The van der Waals surface area contributed by atoms with E-state index in [-0.39, 0.29) is 0 Å². The molecule has 0 heterocycles. The van der Waals surface area contributed by atoms with Gasteiger partial charge in [-0.25, -0.2) is 4.99 Å². The fraction of sp³-hybridized carbons (Fsp3) is 0.348. The predicted octanol–water partition coefficient (Wildman–Crippen LogP) is 3.53. The molecule has 0 aliphatic rings. The van der Waals surface area contributed by atoms with E-state index in [2.05, 4.69) is 17.2 Å². The van der Waals surface area contributed by atoms with E-state index in [1.54, 1.807) is 33.5 Å². The van der Waals surface area contributed by atoms with Crippen LogP contribution in [-0.4, -0.2) is 40.4 Å². The van der Waals surface area contributed by atoms with Gasteiger partial charge in [0.25, 0.3) is 0 Å². The van der Waals surface area contributed by atoms with Crippen molar-refractivity contribution in [2.75, 3.05) is 34.5 Å². The van der Waals surface area contributed by atoms with Crippen LogP contribution < -0.4 is 29.6 Å². The first-order valence-electron chi connectivity index (χ1n) is 9.79. The average molecular weight is 414 g/mol. The molecule has 2 rings (SSSR count). The van der Waals surface area contributed by atoms with Crippen LogP contribution in [-0.2, 0) is 13.1 Å². The standard InChI is InChI=1S/C23H31N3O4/c1-6-12-30-19-11-9-8-10-17(19)15-25-23(24-7-2)26-16-18-13-21(28-4)22(29-5)14-20(18)27-3/h6,8-11,13-14H,1,7,12,15-16H2,2-5H3,(H2,24,25,26). The minimum absolute atomic E-state index is 0.410. The van der Waals surface area contributed by atoms with Crippen LogP contribution in [0.4, 0.5) is 0 Å². The van der Waals surface area contributed by atoms with Crippen LogP contribution in [0.2, 0.25) is 0 Å². The van der Waals surface area contributed by atoms with Crippen molar-refractivity contribution in [3.63, 3.8) is 0 Å². The molecule has 0 bridgehead atoms. The van der Waals surface area contributed by atoms with Crippen LogP contribution in [0.3, 0.4) is 0 Å². The number of benzene rings is 2. The van der Waals surface area contributed by atoms with Gasteiger partial charge in [-0.15, -0.1) is 0 Å². The van der Waals surface area contributed by atoms with E-state index in [0.717, 1.165) is 23.4 Å². The Kier molecular flexibility index (Phi) is 9.37. The molecule has 0 saturated carbocycles. The number of guanidine groups is 1. The number of rotatable bonds is 11. The van der Waals surface area contributed by atoms with E-state index in [1.165, 1.54) is 0 Å². The quantitative estimate of drug-likeness (QED) is 0.334. The summed E-state index contributed by atoms with van der Waals surface area (Å²) in [6, 6.07) is 11.6. The van der Waals surface area contributed by atoms with Gasteiger partial charge >= 0.3 is 0 Å². The molecule has 7 heteroatoms. The van der Waals surface area contributed by atoms with Crippen molar-refractivity contribution in [3.05, 3.63) is 60.2 Å². The van der Waals surface area contributed by atoms with Crippen molar-refractivity contribution < 1.29 is 18.9 Å². The second-order valence-electron chi connectivity index (χ2n) is 6.28. The normalized spacial score (nSPS) is 10.9. The fourth-order valence-corrected chi connectivity index (χ4v) is 2.84. The van der Waals surface area contributed by atoms with Gasteiger partial charge in [-0.3, -0.25) is 0 Å². The van der Waals surface area contributed by atoms with Crippen molar-refractivity contribution in [1.29, 1.82) is 0 Å². The van der Waals surface area contributed by atoms with Crippen molar-refractivity contribution in [1.82, 2.24) is 10.6 Å². The van der Waals surface area contributed by atoms with Crippen molar-refractivity contribution >= 4 is 5.96 Å². The van der Waals surface area contributed by atoms with E-state index in [0.29, 0.717) is 42.9 Å². The lowest BCUT2D eigenvalue weighted by Crippen LogP contribution is -2.36. The van der Waals surface area contributed by atoms with Crippen LogP contribution in [0.15, 0.2) is 54.0 Å². The molecule has 0 atom stereocenters. The zero-order valence-electron chi connectivity index (χ0n) is 18.2. The third-order valence-electron chi connectivity index (χ3n) is 4.31. The molecule has 0 saturated heterocycles. The molecule has 0 radical (unpaired) electrons. The summed E-state index contributed by atoms with van der Waals surface area (Å²) >= 11 is 0. The fourth-order valence-electron chi connectivity index (χ4n) is 2.84. The molecule has 2 aromatic rings. The highest BCUT2D eigenvalue weighted by Crippen LogP contribution is 2.34. The Morgan fingerprint density at radius 1 is 0.933 bits per heavy atom. The van der Waals surface area contributed by atoms with E-state index in [9.17, 15) is 0 Å². The first kappa shape index (κ1) is 22.9. The van der Waals surface area contributed by atoms with Gasteiger partial charge in [0.1, 0.15) is 18.1 Å². The SMILES string of the molecule is C=CCOc1ccccc1CNC(=NCc1cc(OC)c(OC)cc1OC)NCC. The summed E-state index contributed by atoms with van der Waals surface area (Å²) in [6.07, 6.45) is 1.73. The molecule has 0 fully saturated rings. The molecule has 0 unspecified atom stereocenters. The second kappa shape index (κ2) is 12.3. The van der Waals surface area contributed by atoms with Crippen LogP contribution in [0.1, 0.15) is 18.1 Å². The maximum Gasteiger partial charge on any atom is 0.191 e. The Bertz CT molecular complexity index is 852. The molecular weight excluding hydrogens is 382 g/mol. The van der Waals surface area contributed by atoms with Gasteiger partial charge in [0.15, 0.2) is 17.5 Å². The summed E-state index contributed by atoms with van der Waals surface area (Å²) in [6.45, 7) is 7.90. The molecule has 30 heavy (non-hydrogen) atoms. The van der Waals surface area contributed by atoms with Crippen LogP contribution >= 0.6 is 0 Å². The van der Waals surface area contributed by atoms with Gasteiger partial charge in [-0.1, -0.05) is 30.9 Å². The summed E-state index contributed by atoms with van der Waals surface area (Å²) in [4.78, 5) is 4.69. The molecule has 0 aliphatic carbocycles. The number of hydrogen-bond acceptors (Lipinski definition) is 5. The second-order valence-corrected chi connectivity index (χ2v) is 6.28. The van der Waals surface area contributed by atoms with Gasteiger partial charge in [-0.2, -0.15) is 0 Å². The lowest BCUT2D eigenvalue weighted by Gasteiger charge is -2.15. The Balaban J connectivity index is 2.16. The molecule has 162 valence electrons. The van der Waals surface area contributed by atoms with Gasteiger partial charge in [0, 0.05) is 30.3 Å². The number of aliphatic imine (C=N–C) groups is 1. The van der Waals surface area contributed by atoms with Gasteiger partial charge in [-0.05, 0) is 19.1 Å². The highest BCUT2D eigenvalue weighted by atomic mass is 16.5. The number of methoxy groups -OCH3 is 3. The Hall–Kier alpha value is -3.35. The van der Waals surface area contributed by atoms with Crippen molar-refractivity contribution in [2.45, 2.75) is 20.0 Å². The van der Waals surface area contributed by atoms with E-state index < -0.39 is 0 Å². The minimum atomic E-state index is 0.410. The first-order valence-corrected chi connectivity index (χ1v) is 9.79. The lowest BCUT2D eigenvalue weighted by molar-refractivity contribution is 0.347. The number of hydrogen-bond donors (Lipinski definition) is 2. The van der Waals surface area contributed by atoms with Crippen LogP contribution in [0.25, 0.3) is 0 Å².